The maximum atomic E-state index is 5.69. The summed E-state index contributed by atoms with van der Waals surface area (Å²) in [5.41, 5.74) is 9.43. The number of rotatable bonds is 3. The molecule has 1 aliphatic heterocycles. The number of anilines is 1. The molecule has 3 aromatic heterocycles. The molecule has 0 bridgehead atoms. The van der Waals surface area contributed by atoms with E-state index in [-0.39, 0.29) is 12.3 Å². The van der Waals surface area contributed by atoms with Gasteiger partial charge in [-0.05, 0) is 58.8 Å². The van der Waals surface area contributed by atoms with Crippen molar-refractivity contribution in [2.24, 2.45) is 0 Å². The fourth-order valence-corrected chi connectivity index (χ4v) is 10.2. The molecule has 0 amide bonds. The highest BCUT2D eigenvalue weighted by molar-refractivity contribution is 7.26. The second-order valence-electron chi connectivity index (χ2n) is 14.1. The van der Waals surface area contributed by atoms with E-state index >= 15 is 0 Å². The summed E-state index contributed by atoms with van der Waals surface area (Å²) in [6.07, 6.45) is -0.348. The number of para-hydroxylation sites is 2. The monoisotopic (exact) mass is 695 g/mol. The van der Waals surface area contributed by atoms with Crippen molar-refractivity contribution in [1.82, 2.24) is 9.13 Å². The molecule has 5 heteroatoms. The predicted molar refractivity (Wildman–Crippen MR) is 225 cm³/mol. The second kappa shape index (κ2) is 11.1. The number of hydrogen-bond acceptors (Lipinski definition) is 2. The van der Waals surface area contributed by atoms with Crippen LogP contribution in [0.4, 0.5) is 5.69 Å². The minimum atomic E-state index is -0.348. The SMILES string of the molecule is c1ccc(C2[N-]C(n3c4cc5c(cc4c4ccc6c7ccccc7sc6c43)c3c4ccccc4ccc3n5-c3ccccc3)Nc3ccccc32)cc1. The van der Waals surface area contributed by atoms with Gasteiger partial charge >= 0.3 is 0 Å². The summed E-state index contributed by atoms with van der Waals surface area (Å²) in [5, 5.41) is 19.7. The molecular weight excluding hydrogens is 665 g/mol. The first kappa shape index (κ1) is 29.2. The third-order valence-electron chi connectivity index (χ3n) is 11.3. The Hall–Kier alpha value is -6.40. The van der Waals surface area contributed by atoms with Gasteiger partial charge in [0.15, 0.2) is 0 Å². The van der Waals surface area contributed by atoms with E-state index in [2.05, 4.69) is 184 Å². The molecule has 0 spiro atoms. The molecule has 8 aromatic carbocycles. The van der Waals surface area contributed by atoms with E-state index in [1.165, 1.54) is 80.2 Å². The molecule has 2 atom stereocenters. The Morgan fingerprint density at radius 1 is 0.528 bits per heavy atom. The lowest BCUT2D eigenvalue weighted by atomic mass is 9.95. The van der Waals surface area contributed by atoms with Gasteiger partial charge in [-0.25, -0.2) is 0 Å². The fourth-order valence-electron chi connectivity index (χ4n) is 8.99. The number of benzene rings is 8. The first-order valence-electron chi connectivity index (χ1n) is 18.2. The Labute approximate surface area is 309 Å². The van der Waals surface area contributed by atoms with Crippen molar-refractivity contribution in [2.75, 3.05) is 5.32 Å². The molecule has 250 valence electrons. The van der Waals surface area contributed by atoms with Crippen molar-refractivity contribution in [3.8, 4) is 5.69 Å². The predicted octanol–water partition coefficient (Wildman–Crippen LogP) is 13.5. The van der Waals surface area contributed by atoms with Crippen LogP contribution in [0.5, 0.6) is 0 Å². The van der Waals surface area contributed by atoms with Crippen LogP contribution in [0.15, 0.2) is 170 Å². The minimum Gasteiger partial charge on any atom is -0.614 e. The summed E-state index contributed by atoms with van der Waals surface area (Å²) >= 11 is 1.88. The molecule has 53 heavy (non-hydrogen) atoms. The van der Waals surface area contributed by atoms with Crippen LogP contribution in [0.2, 0.25) is 0 Å². The van der Waals surface area contributed by atoms with Crippen molar-refractivity contribution < 1.29 is 0 Å². The van der Waals surface area contributed by atoms with Crippen molar-refractivity contribution in [2.45, 2.75) is 12.3 Å². The number of aromatic nitrogens is 2. The average molecular weight is 696 g/mol. The molecule has 1 aliphatic rings. The van der Waals surface area contributed by atoms with Crippen LogP contribution in [0.3, 0.4) is 0 Å². The van der Waals surface area contributed by atoms with Gasteiger partial charge in [-0.2, -0.15) is 0 Å². The number of nitrogens with one attached hydrogen (secondary N) is 1. The van der Waals surface area contributed by atoms with Crippen molar-refractivity contribution in [1.29, 1.82) is 0 Å². The molecule has 0 saturated heterocycles. The highest BCUT2D eigenvalue weighted by Gasteiger charge is 2.25. The fraction of sp³-hybridized carbons (Fsp3) is 0.0417. The minimum absolute atomic E-state index is 0.112. The summed E-state index contributed by atoms with van der Waals surface area (Å²) in [6, 6.07) is 61.8. The second-order valence-corrected chi connectivity index (χ2v) is 15.2. The zero-order valence-corrected chi connectivity index (χ0v) is 29.4. The van der Waals surface area contributed by atoms with Gasteiger partial charge in [0.1, 0.15) is 0 Å². The Kier molecular flexibility index (Phi) is 6.09. The van der Waals surface area contributed by atoms with Gasteiger partial charge in [0.25, 0.3) is 0 Å². The third-order valence-corrected chi connectivity index (χ3v) is 12.5. The van der Waals surface area contributed by atoms with Crippen molar-refractivity contribution in [3.63, 3.8) is 0 Å². The van der Waals surface area contributed by atoms with E-state index in [1.807, 2.05) is 11.3 Å². The van der Waals surface area contributed by atoms with E-state index in [4.69, 9.17) is 5.32 Å². The molecular formula is C48H31N4S-. The number of thiophene rings is 1. The van der Waals surface area contributed by atoms with Crippen LogP contribution in [-0.4, -0.2) is 9.13 Å². The van der Waals surface area contributed by atoms with Crippen molar-refractivity contribution >= 4 is 91.6 Å². The lowest BCUT2D eigenvalue weighted by Crippen LogP contribution is -2.25. The van der Waals surface area contributed by atoms with E-state index in [1.54, 1.807) is 0 Å². The first-order valence-corrected chi connectivity index (χ1v) is 19.0. The van der Waals surface area contributed by atoms with E-state index in [0.717, 1.165) is 16.9 Å². The quantitative estimate of drug-likeness (QED) is 0.196. The van der Waals surface area contributed by atoms with E-state index in [9.17, 15) is 0 Å². The largest absolute Gasteiger partial charge is 0.614 e. The van der Waals surface area contributed by atoms with Crippen LogP contribution >= 0.6 is 11.3 Å². The standard InChI is InChI=1S/C48H31N4S/c1-3-14-30(15-4-1)45-36-20-9-11-21-39(36)49-48(50-45)52-41-28-42-38(27-37(41)34-24-25-35-33-19-10-12-22-43(33)53-47(35)46(34)52)44-32-18-8-7-13-29(32)23-26-40(44)51(42)31-16-5-2-6-17-31/h1-28,45,48-49H/q-1. The molecule has 4 nitrogen and oxygen atoms in total. The number of hydrogen-bond donors (Lipinski definition) is 1. The molecule has 0 saturated carbocycles. The van der Waals surface area contributed by atoms with Gasteiger partial charge in [-0.1, -0.05) is 139 Å². The topological polar surface area (TPSA) is 36.0 Å². The molecule has 12 rings (SSSR count). The smallest absolute Gasteiger partial charge is 0.0675 e. The molecule has 4 heterocycles. The molecule has 0 fully saturated rings. The van der Waals surface area contributed by atoms with Gasteiger partial charge in [0, 0.05) is 54.7 Å². The van der Waals surface area contributed by atoms with Crippen LogP contribution < -0.4 is 5.32 Å². The molecule has 1 N–H and O–H groups in total. The maximum absolute atomic E-state index is 5.69. The Morgan fingerprint density at radius 2 is 1.26 bits per heavy atom. The average Bonchev–Trinajstić information content (AvgIpc) is 3.87. The van der Waals surface area contributed by atoms with E-state index in [0.29, 0.717) is 0 Å². The Balaban J connectivity index is 1.24. The van der Waals surface area contributed by atoms with Crippen LogP contribution in [0, 0.1) is 0 Å². The van der Waals surface area contributed by atoms with Crippen LogP contribution in [0.25, 0.3) is 85.6 Å². The van der Waals surface area contributed by atoms with Gasteiger partial charge in [-0.3, -0.25) is 0 Å². The summed E-state index contributed by atoms with van der Waals surface area (Å²) < 4.78 is 7.53. The maximum Gasteiger partial charge on any atom is 0.0675 e. The summed E-state index contributed by atoms with van der Waals surface area (Å²) in [7, 11) is 0. The highest BCUT2D eigenvalue weighted by atomic mass is 32.1. The Bertz CT molecular complexity index is 3240. The normalized spacial score (nSPS) is 16.0. The Morgan fingerprint density at radius 3 is 2.15 bits per heavy atom. The summed E-state index contributed by atoms with van der Waals surface area (Å²) in [4.78, 5) is 0. The van der Waals surface area contributed by atoms with Crippen LogP contribution in [0.1, 0.15) is 23.5 Å². The summed E-state index contributed by atoms with van der Waals surface area (Å²) in [5.74, 6) is 0. The van der Waals surface area contributed by atoms with Crippen LogP contribution in [-0.2, 0) is 0 Å². The molecule has 0 aliphatic carbocycles. The first-order chi connectivity index (χ1) is 26.3. The highest BCUT2D eigenvalue weighted by Crippen LogP contribution is 2.50. The van der Waals surface area contributed by atoms with E-state index < -0.39 is 0 Å². The lowest BCUT2D eigenvalue weighted by molar-refractivity contribution is 0.630. The van der Waals surface area contributed by atoms with Crippen molar-refractivity contribution in [3.05, 3.63) is 186 Å². The molecule has 0 radical (unpaired) electrons. The zero-order valence-electron chi connectivity index (χ0n) is 28.6. The zero-order chi connectivity index (χ0) is 34.6. The van der Waals surface area contributed by atoms with Gasteiger partial charge < -0.3 is 19.8 Å². The van der Waals surface area contributed by atoms with Gasteiger partial charge in [0.2, 0.25) is 0 Å². The van der Waals surface area contributed by atoms with Gasteiger partial charge in [-0.15, -0.1) is 11.3 Å². The lowest BCUT2D eigenvalue weighted by Gasteiger charge is -2.48. The molecule has 11 aromatic rings. The number of fused-ring (bicyclic) bond motifs is 13. The summed E-state index contributed by atoms with van der Waals surface area (Å²) in [6.45, 7) is 0. The molecule has 2 unspecified atom stereocenters. The number of nitrogens with zero attached hydrogens (tertiary/aromatic N) is 3. The third kappa shape index (κ3) is 4.15. The van der Waals surface area contributed by atoms with Gasteiger partial charge in [0.05, 0.1) is 26.8 Å².